The fraction of sp³-hybridized carbons (Fsp3) is 0.562. The van der Waals surface area contributed by atoms with Gasteiger partial charge in [0, 0.05) is 11.3 Å². The van der Waals surface area contributed by atoms with Gasteiger partial charge in [0.2, 0.25) is 0 Å². The van der Waals surface area contributed by atoms with Crippen molar-refractivity contribution in [3.63, 3.8) is 0 Å². The van der Waals surface area contributed by atoms with E-state index in [1.165, 1.54) is 12.0 Å². The lowest BCUT2D eigenvalue weighted by Crippen LogP contribution is -2.24. The van der Waals surface area contributed by atoms with Crippen LogP contribution in [0.1, 0.15) is 44.7 Å². The quantitative estimate of drug-likeness (QED) is 0.860. The van der Waals surface area contributed by atoms with E-state index in [-0.39, 0.29) is 0 Å². The van der Waals surface area contributed by atoms with Crippen molar-refractivity contribution in [2.45, 2.75) is 46.1 Å². The van der Waals surface area contributed by atoms with Crippen molar-refractivity contribution in [1.82, 2.24) is 20.2 Å². The lowest BCUT2D eigenvalue weighted by molar-refractivity contribution is 0.200. The first-order chi connectivity index (χ1) is 10.1. The van der Waals surface area contributed by atoms with Crippen LogP contribution in [0.15, 0.2) is 18.2 Å². The maximum absolute atomic E-state index is 6.12. The van der Waals surface area contributed by atoms with Crippen molar-refractivity contribution in [2.75, 3.05) is 5.73 Å². The molecule has 1 aliphatic rings. The topological polar surface area (TPSA) is 69.6 Å². The van der Waals surface area contributed by atoms with Crippen LogP contribution in [0.5, 0.6) is 0 Å². The molecule has 1 heterocycles. The third-order valence-electron chi connectivity index (χ3n) is 4.86. The van der Waals surface area contributed by atoms with Crippen molar-refractivity contribution in [3.8, 4) is 11.4 Å². The monoisotopic (exact) mass is 285 g/mol. The molecule has 0 spiro atoms. The van der Waals surface area contributed by atoms with Gasteiger partial charge in [0.05, 0.1) is 6.04 Å². The summed E-state index contributed by atoms with van der Waals surface area (Å²) >= 11 is 0. The van der Waals surface area contributed by atoms with Gasteiger partial charge in [-0.2, -0.15) is 0 Å². The maximum Gasteiger partial charge on any atom is 0.184 e. The molecule has 5 nitrogen and oxygen atoms in total. The van der Waals surface area contributed by atoms with Crippen LogP contribution in [-0.4, -0.2) is 20.2 Å². The Bertz CT molecular complexity index is 633. The van der Waals surface area contributed by atoms with Crippen LogP contribution in [-0.2, 0) is 0 Å². The molecule has 3 rings (SSSR count). The highest BCUT2D eigenvalue weighted by molar-refractivity contribution is 5.72. The molecule has 0 saturated heterocycles. The van der Waals surface area contributed by atoms with Crippen molar-refractivity contribution in [1.29, 1.82) is 0 Å². The second kappa shape index (κ2) is 5.47. The number of tetrazole rings is 1. The van der Waals surface area contributed by atoms with Gasteiger partial charge >= 0.3 is 0 Å². The molecule has 1 aliphatic carbocycles. The zero-order chi connectivity index (χ0) is 15.0. The number of rotatable bonds is 2. The Kier molecular flexibility index (Phi) is 3.66. The molecule has 0 radical (unpaired) electrons. The lowest BCUT2D eigenvalue weighted by Gasteiger charge is -2.32. The average molecular weight is 285 g/mol. The van der Waals surface area contributed by atoms with Gasteiger partial charge < -0.3 is 5.73 Å². The number of hydrogen-bond donors (Lipinski definition) is 1. The van der Waals surface area contributed by atoms with E-state index in [1.54, 1.807) is 0 Å². The highest BCUT2D eigenvalue weighted by Gasteiger charge is 2.28. The molecule has 3 atom stereocenters. The predicted molar refractivity (Wildman–Crippen MR) is 83.6 cm³/mol. The van der Waals surface area contributed by atoms with Gasteiger partial charge in [-0.1, -0.05) is 25.5 Å². The van der Waals surface area contributed by atoms with Gasteiger partial charge in [-0.25, -0.2) is 4.68 Å². The average Bonchev–Trinajstić information content (AvgIpc) is 2.93. The fourth-order valence-corrected chi connectivity index (χ4v) is 3.22. The highest BCUT2D eigenvalue weighted by Crippen LogP contribution is 2.37. The SMILES string of the molecule is Cc1ccc(N)c(-c2nnnn2C2CCC(C)C(C)C2)c1. The Morgan fingerprint density at radius 2 is 2.00 bits per heavy atom. The summed E-state index contributed by atoms with van der Waals surface area (Å²) in [5, 5.41) is 12.4. The summed E-state index contributed by atoms with van der Waals surface area (Å²) < 4.78 is 1.98. The predicted octanol–water partition coefficient (Wildman–Crippen LogP) is 3.23. The normalized spacial score (nSPS) is 26.0. The molecule has 3 unspecified atom stereocenters. The van der Waals surface area contributed by atoms with E-state index in [0.29, 0.717) is 12.0 Å². The molecule has 0 bridgehead atoms. The first kappa shape index (κ1) is 14.0. The van der Waals surface area contributed by atoms with E-state index in [1.807, 2.05) is 16.8 Å². The summed E-state index contributed by atoms with van der Waals surface area (Å²) in [6, 6.07) is 6.38. The van der Waals surface area contributed by atoms with E-state index in [0.717, 1.165) is 35.8 Å². The minimum atomic E-state index is 0.376. The Hall–Kier alpha value is -1.91. The van der Waals surface area contributed by atoms with Crippen LogP contribution < -0.4 is 5.73 Å². The maximum atomic E-state index is 6.12. The second-order valence-corrected chi connectivity index (χ2v) is 6.46. The molecule has 1 fully saturated rings. The number of aryl methyl sites for hydroxylation is 1. The number of anilines is 1. The molecule has 1 saturated carbocycles. The zero-order valence-electron chi connectivity index (χ0n) is 13.0. The largest absolute Gasteiger partial charge is 0.398 e. The lowest BCUT2D eigenvalue weighted by atomic mass is 9.79. The standard InChI is InChI=1S/C16H23N5/c1-10-4-7-15(17)14(8-10)16-18-19-20-21(16)13-6-5-11(2)12(3)9-13/h4,7-8,11-13H,5-6,9,17H2,1-3H3. The number of nitrogens with two attached hydrogens (primary N) is 1. The highest BCUT2D eigenvalue weighted by atomic mass is 15.5. The Labute approximate surface area is 125 Å². The molecule has 2 aromatic rings. The van der Waals surface area contributed by atoms with Crippen LogP contribution >= 0.6 is 0 Å². The van der Waals surface area contributed by atoms with Crippen LogP contribution in [0, 0.1) is 18.8 Å². The van der Waals surface area contributed by atoms with E-state index in [4.69, 9.17) is 5.73 Å². The van der Waals surface area contributed by atoms with Crippen molar-refractivity contribution in [3.05, 3.63) is 23.8 Å². The Morgan fingerprint density at radius 3 is 2.76 bits per heavy atom. The van der Waals surface area contributed by atoms with Crippen molar-refractivity contribution in [2.24, 2.45) is 11.8 Å². The smallest absolute Gasteiger partial charge is 0.184 e. The van der Waals surface area contributed by atoms with E-state index in [9.17, 15) is 0 Å². The summed E-state index contributed by atoms with van der Waals surface area (Å²) in [4.78, 5) is 0. The van der Waals surface area contributed by atoms with E-state index >= 15 is 0 Å². The van der Waals surface area contributed by atoms with Crippen LogP contribution in [0.2, 0.25) is 0 Å². The molecule has 0 amide bonds. The Balaban J connectivity index is 1.96. The van der Waals surface area contributed by atoms with Crippen LogP contribution in [0.3, 0.4) is 0 Å². The summed E-state index contributed by atoms with van der Waals surface area (Å²) in [7, 11) is 0. The molecule has 0 aliphatic heterocycles. The number of hydrogen-bond acceptors (Lipinski definition) is 4. The van der Waals surface area contributed by atoms with Crippen LogP contribution in [0.25, 0.3) is 11.4 Å². The third-order valence-corrected chi connectivity index (χ3v) is 4.86. The first-order valence-electron chi connectivity index (χ1n) is 7.70. The first-order valence-corrected chi connectivity index (χ1v) is 7.70. The second-order valence-electron chi connectivity index (χ2n) is 6.46. The number of benzene rings is 1. The molecular formula is C16H23N5. The molecule has 2 N–H and O–H groups in total. The number of nitrogens with zero attached hydrogens (tertiary/aromatic N) is 4. The summed E-state index contributed by atoms with van der Waals surface area (Å²) in [6.07, 6.45) is 3.49. The van der Waals surface area contributed by atoms with E-state index in [2.05, 4.69) is 42.4 Å². The third kappa shape index (κ3) is 2.64. The summed E-state index contributed by atoms with van der Waals surface area (Å²) in [6.45, 7) is 6.71. The van der Waals surface area contributed by atoms with Gasteiger partial charge in [-0.05, 0) is 60.6 Å². The minimum Gasteiger partial charge on any atom is -0.398 e. The van der Waals surface area contributed by atoms with Crippen LogP contribution in [0.4, 0.5) is 5.69 Å². The van der Waals surface area contributed by atoms with Crippen molar-refractivity contribution < 1.29 is 0 Å². The van der Waals surface area contributed by atoms with E-state index < -0.39 is 0 Å². The summed E-state index contributed by atoms with van der Waals surface area (Å²) in [5.41, 5.74) is 8.95. The molecular weight excluding hydrogens is 262 g/mol. The number of aromatic nitrogens is 4. The molecule has 5 heteroatoms. The molecule has 21 heavy (non-hydrogen) atoms. The van der Waals surface area contributed by atoms with Crippen molar-refractivity contribution >= 4 is 5.69 Å². The molecule has 1 aromatic carbocycles. The van der Waals surface area contributed by atoms with Gasteiger partial charge in [0.1, 0.15) is 0 Å². The zero-order valence-corrected chi connectivity index (χ0v) is 13.0. The van der Waals surface area contributed by atoms with Gasteiger partial charge in [0.15, 0.2) is 5.82 Å². The minimum absolute atomic E-state index is 0.376. The van der Waals surface area contributed by atoms with Gasteiger partial charge in [-0.15, -0.1) is 5.10 Å². The molecule has 112 valence electrons. The Morgan fingerprint density at radius 1 is 1.19 bits per heavy atom. The fourth-order valence-electron chi connectivity index (χ4n) is 3.22. The molecule has 1 aromatic heterocycles. The van der Waals surface area contributed by atoms with Gasteiger partial charge in [0.25, 0.3) is 0 Å². The number of nitrogen functional groups attached to an aromatic ring is 1. The summed E-state index contributed by atoms with van der Waals surface area (Å²) in [5.74, 6) is 2.28. The van der Waals surface area contributed by atoms with Gasteiger partial charge in [-0.3, -0.25) is 0 Å².